The van der Waals surface area contributed by atoms with Gasteiger partial charge in [0.25, 0.3) is 0 Å². The van der Waals surface area contributed by atoms with Gasteiger partial charge in [-0.2, -0.15) is 0 Å². The highest BCUT2D eigenvalue weighted by Crippen LogP contribution is 2.24. The van der Waals surface area contributed by atoms with Crippen LogP contribution in [-0.4, -0.2) is 44.4 Å². The molecule has 0 bridgehead atoms. The molecule has 8 heteroatoms. The summed E-state index contributed by atoms with van der Waals surface area (Å²) in [6, 6.07) is 3.89. The van der Waals surface area contributed by atoms with Crippen molar-refractivity contribution < 1.29 is 9.13 Å². The highest BCUT2D eigenvalue weighted by atomic mass is 19.1. The summed E-state index contributed by atoms with van der Waals surface area (Å²) in [7, 11) is 3.88. The van der Waals surface area contributed by atoms with Crippen LogP contribution in [0.2, 0.25) is 0 Å². The number of pyridine rings is 1. The first-order valence-corrected chi connectivity index (χ1v) is 9.63. The Labute approximate surface area is 171 Å². The molecular weight excluding hydrogens is 371 g/mol. The zero-order valence-corrected chi connectivity index (χ0v) is 17.0. The van der Waals surface area contributed by atoms with Crippen molar-refractivity contribution in [3.63, 3.8) is 0 Å². The van der Waals surface area contributed by atoms with Crippen LogP contribution in [0.15, 0.2) is 60.7 Å². The number of rotatable bonds is 6. The first kappa shape index (κ1) is 20.7. The highest BCUT2D eigenvalue weighted by molar-refractivity contribution is 5.73. The van der Waals surface area contributed by atoms with E-state index in [0.717, 1.165) is 29.9 Å². The van der Waals surface area contributed by atoms with Gasteiger partial charge in [0.05, 0.1) is 5.70 Å². The van der Waals surface area contributed by atoms with Crippen LogP contribution in [0.25, 0.3) is 5.57 Å². The molecule has 1 aromatic heterocycles. The first-order chi connectivity index (χ1) is 13.9. The fourth-order valence-corrected chi connectivity index (χ4v) is 3.16. The minimum absolute atomic E-state index is 0.0924. The van der Waals surface area contributed by atoms with Crippen LogP contribution in [0.3, 0.4) is 0 Å². The molecule has 2 aliphatic rings. The first-order valence-electron chi connectivity index (χ1n) is 9.63. The SMILES string of the molecule is C=C(/C=C1/NC=CN/C1=C(/N)OCC1(F)CCCNC1)c1ccc(N(C)C)nc1. The van der Waals surface area contributed by atoms with Crippen LogP contribution in [0.4, 0.5) is 10.2 Å². The second-order valence-corrected chi connectivity index (χ2v) is 7.46. The molecule has 7 nitrogen and oxygen atoms in total. The summed E-state index contributed by atoms with van der Waals surface area (Å²) in [6.45, 7) is 5.14. The van der Waals surface area contributed by atoms with Gasteiger partial charge in [-0.3, -0.25) is 0 Å². The monoisotopic (exact) mass is 400 g/mol. The maximum absolute atomic E-state index is 14.8. The number of nitrogens with zero attached hydrogens (tertiary/aromatic N) is 2. The van der Waals surface area contributed by atoms with Crippen LogP contribution in [0.1, 0.15) is 18.4 Å². The van der Waals surface area contributed by atoms with E-state index in [0.29, 0.717) is 17.8 Å². The van der Waals surface area contributed by atoms with Crippen molar-refractivity contribution in [2.75, 3.05) is 38.7 Å². The van der Waals surface area contributed by atoms with Gasteiger partial charge in [-0.25, -0.2) is 9.37 Å². The zero-order chi connectivity index (χ0) is 20.9. The number of alkyl halides is 1. The lowest BCUT2D eigenvalue weighted by molar-refractivity contribution is 0.0269. The normalized spacial score (nSPS) is 24.4. The third kappa shape index (κ3) is 5.29. The number of nitrogens with one attached hydrogen (secondary N) is 3. The summed E-state index contributed by atoms with van der Waals surface area (Å²) in [4.78, 5) is 6.34. The Morgan fingerprint density at radius 3 is 2.83 bits per heavy atom. The predicted molar refractivity (Wildman–Crippen MR) is 114 cm³/mol. The molecule has 3 rings (SSSR count). The molecule has 1 saturated heterocycles. The average molecular weight is 401 g/mol. The maximum atomic E-state index is 14.8. The van der Waals surface area contributed by atoms with E-state index >= 15 is 0 Å². The Bertz CT molecular complexity index is 822. The van der Waals surface area contributed by atoms with E-state index in [1.165, 1.54) is 0 Å². The minimum Gasteiger partial charge on any atom is -0.474 e. The number of hydrogen-bond donors (Lipinski definition) is 4. The van der Waals surface area contributed by atoms with Gasteiger partial charge < -0.3 is 31.3 Å². The molecule has 1 fully saturated rings. The fourth-order valence-electron chi connectivity index (χ4n) is 3.16. The van der Waals surface area contributed by atoms with Crippen LogP contribution < -0.4 is 26.6 Å². The molecule has 2 aliphatic heterocycles. The Balaban J connectivity index is 1.74. The van der Waals surface area contributed by atoms with Gasteiger partial charge in [0.1, 0.15) is 18.1 Å². The lowest BCUT2D eigenvalue weighted by Gasteiger charge is -2.30. The number of anilines is 1. The molecule has 0 aromatic carbocycles. The average Bonchev–Trinajstić information content (AvgIpc) is 2.73. The van der Waals surface area contributed by atoms with E-state index in [-0.39, 0.29) is 19.0 Å². The minimum atomic E-state index is -1.41. The lowest BCUT2D eigenvalue weighted by atomic mass is 9.97. The van der Waals surface area contributed by atoms with E-state index < -0.39 is 5.67 Å². The fraction of sp³-hybridized carbons (Fsp3) is 0.381. The molecule has 0 spiro atoms. The van der Waals surface area contributed by atoms with Crippen LogP contribution in [-0.2, 0) is 4.74 Å². The molecule has 29 heavy (non-hydrogen) atoms. The summed E-state index contributed by atoms with van der Waals surface area (Å²) < 4.78 is 20.4. The third-order valence-electron chi connectivity index (χ3n) is 4.87. The highest BCUT2D eigenvalue weighted by Gasteiger charge is 2.33. The van der Waals surface area contributed by atoms with Crippen molar-refractivity contribution in [2.24, 2.45) is 5.73 Å². The van der Waals surface area contributed by atoms with Crippen molar-refractivity contribution in [3.8, 4) is 0 Å². The summed E-state index contributed by atoms with van der Waals surface area (Å²) >= 11 is 0. The molecule has 1 atom stereocenters. The second-order valence-electron chi connectivity index (χ2n) is 7.46. The van der Waals surface area contributed by atoms with Crippen molar-refractivity contribution in [2.45, 2.75) is 18.5 Å². The largest absolute Gasteiger partial charge is 0.474 e. The molecule has 0 amide bonds. The maximum Gasteiger partial charge on any atom is 0.210 e. The van der Waals surface area contributed by atoms with Crippen LogP contribution >= 0.6 is 0 Å². The van der Waals surface area contributed by atoms with Gasteiger partial charge in [0, 0.05) is 39.2 Å². The Kier molecular flexibility index (Phi) is 6.43. The number of nitrogens with two attached hydrogens (primary N) is 1. The number of halogens is 1. The van der Waals surface area contributed by atoms with Gasteiger partial charge in [0.15, 0.2) is 5.67 Å². The third-order valence-corrected chi connectivity index (χ3v) is 4.87. The van der Waals surface area contributed by atoms with Gasteiger partial charge in [-0.1, -0.05) is 6.58 Å². The van der Waals surface area contributed by atoms with E-state index in [9.17, 15) is 4.39 Å². The number of aromatic nitrogens is 1. The van der Waals surface area contributed by atoms with E-state index in [4.69, 9.17) is 10.5 Å². The summed E-state index contributed by atoms with van der Waals surface area (Å²) in [5.41, 5.74) is 7.58. The molecule has 5 N–H and O–H groups in total. The standard InChI is InChI=1S/C21H29FN6O/c1-15(16-5-6-18(27-12-16)28(2)3)11-17-19(26-10-9-25-17)20(23)29-14-21(22)7-4-8-24-13-21/h5-6,9-12,24-26H,1,4,7-8,13-14,23H2,2-3H3/b17-11+,20-19-. The van der Waals surface area contributed by atoms with Gasteiger partial charge in [0.2, 0.25) is 5.88 Å². The van der Waals surface area contributed by atoms with E-state index in [1.807, 2.05) is 37.2 Å². The number of hydrogen-bond acceptors (Lipinski definition) is 7. The lowest BCUT2D eigenvalue weighted by Crippen LogP contribution is -2.45. The summed E-state index contributed by atoms with van der Waals surface area (Å²) in [5.74, 6) is 0.995. The number of piperidine rings is 1. The Morgan fingerprint density at radius 1 is 1.38 bits per heavy atom. The summed E-state index contributed by atoms with van der Waals surface area (Å²) in [6.07, 6.45) is 8.31. The molecular formula is C21H29FN6O. The van der Waals surface area contributed by atoms with Gasteiger partial charge >= 0.3 is 0 Å². The quantitative estimate of drug-likeness (QED) is 0.543. The van der Waals surface area contributed by atoms with Gasteiger partial charge in [-0.15, -0.1) is 0 Å². The summed E-state index contributed by atoms with van der Waals surface area (Å²) in [5, 5.41) is 9.26. The Hall–Kier alpha value is -3.00. The molecule has 1 unspecified atom stereocenters. The van der Waals surface area contributed by atoms with Crippen LogP contribution in [0, 0.1) is 0 Å². The topological polar surface area (TPSA) is 87.5 Å². The number of ether oxygens (including phenoxy) is 1. The van der Waals surface area contributed by atoms with Crippen molar-refractivity contribution in [1.29, 1.82) is 0 Å². The smallest absolute Gasteiger partial charge is 0.210 e. The molecule has 0 saturated carbocycles. The molecule has 1 aromatic rings. The van der Waals surface area contributed by atoms with E-state index in [2.05, 4.69) is 27.5 Å². The van der Waals surface area contributed by atoms with Crippen LogP contribution in [0.5, 0.6) is 0 Å². The predicted octanol–water partition coefficient (Wildman–Crippen LogP) is 1.94. The van der Waals surface area contributed by atoms with Gasteiger partial charge in [-0.05, 0) is 48.7 Å². The zero-order valence-electron chi connectivity index (χ0n) is 17.0. The molecule has 0 aliphatic carbocycles. The molecule has 0 radical (unpaired) electrons. The Morgan fingerprint density at radius 2 is 2.17 bits per heavy atom. The van der Waals surface area contributed by atoms with Crippen molar-refractivity contribution >= 4 is 11.4 Å². The second kappa shape index (κ2) is 9.00. The molecule has 3 heterocycles. The van der Waals surface area contributed by atoms with Crippen molar-refractivity contribution in [1.82, 2.24) is 20.9 Å². The molecule has 156 valence electrons. The van der Waals surface area contributed by atoms with Crippen molar-refractivity contribution in [3.05, 3.63) is 66.2 Å². The van der Waals surface area contributed by atoms with E-state index in [1.54, 1.807) is 18.6 Å². The number of allylic oxidation sites excluding steroid dienone is 2.